The largest absolute Gasteiger partial charge is 0.456 e. The number of hydrogen-bond donors (Lipinski definition) is 0. The van der Waals surface area contributed by atoms with E-state index >= 15 is 0 Å². The average molecular weight is 478 g/mol. The summed E-state index contributed by atoms with van der Waals surface area (Å²) in [5.74, 6) is 0. The van der Waals surface area contributed by atoms with Gasteiger partial charge in [0.1, 0.15) is 11.2 Å². The number of fused-ring (bicyclic) bond motifs is 6. The van der Waals surface area contributed by atoms with Crippen molar-refractivity contribution in [1.82, 2.24) is 0 Å². The van der Waals surface area contributed by atoms with E-state index in [2.05, 4.69) is 30.3 Å². The van der Waals surface area contributed by atoms with Gasteiger partial charge in [-0.25, -0.2) is 0 Å². The minimum Gasteiger partial charge on any atom is -0.456 e. The third-order valence-electron chi connectivity index (χ3n) is 7.10. The SMILES string of the molecule is [2H]c1c([2H])c([2H])c2c(oc3c([2H])c(-c4c5ccccc5c(-c5ccc6ccccc6c5)c5ccccc45)c([2H])c([2H])c32)c1[2H]. The number of para-hydroxylation sites is 1. The van der Waals surface area contributed by atoms with Gasteiger partial charge in [-0.1, -0.05) is 109 Å². The van der Waals surface area contributed by atoms with Crippen LogP contribution in [0.25, 0.3) is 76.5 Å². The molecule has 0 aliphatic heterocycles. The van der Waals surface area contributed by atoms with Crippen LogP contribution >= 0.6 is 0 Å². The van der Waals surface area contributed by atoms with Crippen LogP contribution in [0.5, 0.6) is 0 Å². The Balaban J connectivity index is 1.53. The smallest absolute Gasteiger partial charge is 0.136 e. The molecule has 8 rings (SSSR count). The van der Waals surface area contributed by atoms with Crippen LogP contribution in [0.3, 0.4) is 0 Å². The molecule has 1 heteroatoms. The highest BCUT2D eigenvalue weighted by Gasteiger charge is 2.17. The molecule has 1 heterocycles. The first-order chi connectivity index (χ1) is 21.3. The molecule has 0 fully saturated rings. The number of benzene rings is 7. The lowest BCUT2D eigenvalue weighted by molar-refractivity contribution is 0.669. The van der Waals surface area contributed by atoms with E-state index < -0.39 is 12.1 Å². The topological polar surface area (TPSA) is 13.1 Å². The predicted molar refractivity (Wildman–Crippen MR) is 157 cm³/mol. The van der Waals surface area contributed by atoms with Crippen LogP contribution in [-0.4, -0.2) is 0 Å². The predicted octanol–water partition coefficient (Wildman–Crippen LogP) is 10.4. The zero-order valence-electron chi connectivity index (χ0n) is 26.6. The highest BCUT2D eigenvalue weighted by Crippen LogP contribution is 2.45. The summed E-state index contributed by atoms with van der Waals surface area (Å²) in [4.78, 5) is 0. The molecule has 0 radical (unpaired) electrons. The van der Waals surface area contributed by atoms with Gasteiger partial charge in [0.25, 0.3) is 0 Å². The zero-order valence-corrected chi connectivity index (χ0v) is 19.6. The maximum Gasteiger partial charge on any atom is 0.136 e. The first-order valence-electron chi connectivity index (χ1n) is 15.6. The summed E-state index contributed by atoms with van der Waals surface area (Å²) in [5.41, 5.74) is 2.77. The van der Waals surface area contributed by atoms with E-state index in [0.717, 1.165) is 43.4 Å². The van der Waals surface area contributed by atoms with Crippen molar-refractivity contribution in [3.8, 4) is 22.3 Å². The molecule has 0 N–H and O–H groups in total. The molecule has 1 aromatic heterocycles. The van der Waals surface area contributed by atoms with Gasteiger partial charge < -0.3 is 4.42 Å². The molecule has 0 aliphatic carbocycles. The molecule has 0 unspecified atom stereocenters. The Bertz CT molecular complexity index is 2470. The normalized spacial score (nSPS) is 14.4. The fourth-order valence-electron chi connectivity index (χ4n) is 5.48. The van der Waals surface area contributed by atoms with E-state index in [1.807, 2.05) is 60.7 Å². The molecule has 0 saturated heterocycles. The summed E-state index contributed by atoms with van der Waals surface area (Å²) in [6.45, 7) is 0. The Labute approximate surface area is 224 Å². The van der Waals surface area contributed by atoms with Crippen molar-refractivity contribution in [3.63, 3.8) is 0 Å². The molecular weight excluding hydrogens is 448 g/mol. The molecule has 37 heavy (non-hydrogen) atoms. The summed E-state index contributed by atoms with van der Waals surface area (Å²) in [7, 11) is 0. The number of hydrogen-bond acceptors (Lipinski definition) is 1. The third-order valence-corrected chi connectivity index (χ3v) is 7.10. The minimum atomic E-state index is -0.452. The van der Waals surface area contributed by atoms with Crippen molar-refractivity contribution in [2.45, 2.75) is 0 Å². The van der Waals surface area contributed by atoms with Crippen LogP contribution < -0.4 is 0 Å². The molecule has 0 aliphatic rings. The highest BCUT2D eigenvalue weighted by atomic mass is 16.3. The molecule has 8 aromatic rings. The van der Waals surface area contributed by atoms with E-state index in [9.17, 15) is 2.74 Å². The van der Waals surface area contributed by atoms with Crippen LogP contribution in [0.15, 0.2) is 138 Å². The van der Waals surface area contributed by atoms with Gasteiger partial charge in [-0.05, 0) is 78.8 Å². The zero-order chi connectivity index (χ0) is 30.4. The maximum atomic E-state index is 9.34. The lowest BCUT2D eigenvalue weighted by Gasteiger charge is -2.18. The van der Waals surface area contributed by atoms with Crippen LogP contribution in [-0.2, 0) is 0 Å². The second-order valence-corrected chi connectivity index (χ2v) is 9.16. The van der Waals surface area contributed by atoms with Gasteiger partial charge in [-0.15, -0.1) is 0 Å². The van der Waals surface area contributed by atoms with Crippen molar-refractivity contribution in [3.05, 3.63) is 133 Å². The lowest BCUT2D eigenvalue weighted by Crippen LogP contribution is -1.90. The van der Waals surface area contributed by atoms with E-state index in [-0.39, 0.29) is 57.7 Å². The van der Waals surface area contributed by atoms with Crippen molar-refractivity contribution >= 4 is 54.3 Å². The standard InChI is InChI=1S/C36H22O/c1-2-10-24-21-25(18-17-23(24)9-1)35-29-12-3-5-14-31(29)36(32-15-6-4-13-30(32)35)26-19-20-28-27-11-7-8-16-33(27)37-34(28)22-26/h1-22H/i7D,8D,11D,16D,19D,20D,22D. The van der Waals surface area contributed by atoms with E-state index in [4.69, 9.17) is 11.3 Å². The van der Waals surface area contributed by atoms with Crippen molar-refractivity contribution in [2.24, 2.45) is 0 Å². The maximum absolute atomic E-state index is 9.34. The van der Waals surface area contributed by atoms with Crippen LogP contribution in [0.4, 0.5) is 0 Å². The molecule has 0 amide bonds. The Morgan fingerprint density at radius 3 is 1.78 bits per heavy atom. The Kier molecular flexibility index (Phi) is 3.09. The van der Waals surface area contributed by atoms with E-state index in [1.54, 1.807) is 0 Å². The average Bonchev–Trinajstić information content (AvgIpc) is 3.46. The summed E-state index contributed by atoms with van der Waals surface area (Å²) in [6, 6.07) is 28.2. The van der Waals surface area contributed by atoms with Crippen LogP contribution in [0.2, 0.25) is 0 Å². The fraction of sp³-hybridized carbons (Fsp3) is 0. The van der Waals surface area contributed by atoms with Gasteiger partial charge in [0, 0.05) is 10.8 Å². The lowest BCUT2D eigenvalue weighted by atomic mass is 9.85. The molecule has 0 spiro atoms. The molecule has 172 valence electrons. The van der Waals surface area contributed by atoms with Crippen LogP contribution in [0.1, 0.15) is 9.60 Å². The first kappa shape index (κ1) is 14.6. The Morgan fingerprint density at radius 2 is 1.05 bits per heavy atom. The third kappa shape index (κ3) is 3.04. The minimum absolute atomic E-state index is 0.0194. The quantitative estimate of drug-likeness (QED) is 0.226. The first-order valence-corrected chi connectivity index (χ1v) is 12.1. The summed E-state index contributed by atoms with van der Waals surface area (Å²) in [6.07, 6.45) is 0. The molecule has 0 bridgehead atoms. The van der Waals surface area contributed by atoms with Crippen molar-refractivity contribution in [2.75, 3.05) is 0 Å². The van der Waals surface area contributed by atoms with Gasteiger partial charge in [-0.2, -0.15) is 0 Å². The molecule has 0 saturated carbocycles. The number of rotatable bonds is 2. The van der Waals surface area contributed by atoms with Crippen LogP contribution in [0, 0.1) is 0 Å². The van der Waals surface area contributed by atoms with Gasteiger partial charge in [0.05, 0.1) is 9.60 Å². The molecule has 7 aromatic carbocycles. The Hall–Kier alpha value is -4.88. The highest BCUT2D eigenvalue weighted by molar-refractivity contribution is 6.22. The van der Waals surface area contributed by atoms with Gasteiger partial charge in [0.15, 0.2) is 0 Å². The molecule has 0 atom stereocenters. The monoisotopic (exact) mass is 477 g/mol. The molecule has 1 nitrogen and oxygen atoms in total. The van der Waals surface area contributed by atoms with Crippen molar-refractivity contribution in [1.29, 1.82) is 0 Å². The fourth-order valence-corrected chi connectivity index (χ4v) is 5.48. The summed E-state index contributed by atoms with van der Waals surface area (Å²) < 4.78 is 66.7. The van der Waals surface area contributed by atoms with Crippen molar-refractivity contribution < 1.29 is 14.0 Å². The Morgan fingerprint density at radius 1 is 0.459 bits per heavy atom. The van der Waals surface area contributed by atoms with Gasteiger partial charge in [-0.3, -0.25) is 0 Å². The summed E-state index contributed by atoms with van der Waals surface area (Å²) in [5, 5.41) is 5.83. The molecular formula is C36H22O. The second-order valence-electron chi connectivity index (χ2n) is 9.16. The van der Waals surface area contributed by atoms with E-state index in [0.29, 0.717) is 5.56 Å². The van der Waals surface area contributed by atoms with Gasteiger partial charge >= 0.3 is 0 Å². The van der Waals surface area contributed by atoms with Gasteiger partial charge in [0.2, 0.25) is 0 Å². The van der Waals surface area contributed by atoms with E-state index in [1.165, 1.54) is 0 Å². The second kappa shape index (κ2) is 7.81. The summed E-state index contributed by atoms with van der Waals surface area (Å²) >= 11 is 0. The number of furan rings is 1.